The van der Waals surface area contributed by atoms with Crippen LogP contribution >= 0.6 is 0 Å². The number of hydrogen-bond donors (Lipinski definition) is 1. The van der Waals surface area contributed by atoms with Gasteiger partial charge in [0, 0.05) is 11.3 Å². The Hall–Kier alpha value is -3.27. The fourth-order valence-corrected chi connectivity index (χ4v) is 2.20. The number of alkyl halides is 3. The summed E-state index contributed by atoms with van der Waals surface area (Å²) in [4.78, 5) is 12.3. The number of rotatable bonds is 4. The van der Waals surface area contributed by atoms with Gasteiger partial charge in [0.05, 0.1) is 0 Å². The third-order valence-electron chi connectivity index (χ3n) is 3.66. The van der Waals surface area contributed by atoms with Crippen molar-refractivity contribution in [2.24, 2.45) is 0 Å². The second-order valence-corrected chi connectivity index (χ2v) is 5.46. The van der Waals surface area contributed by atoms with Crippen molar-refractivity contribution < 1.29 is 22.7 Å². The van der Waals surface area contributed by atoms with Crippen LogP contribution in [0.25, 0.3) is 6.08 Å². The van der Waals surface area contributed by atoms with Gasteiger partial charge in [0.15, 0.2) is 0 Å². The first-order valence-electron chi connectivity index (χ1n) is 7.55. The van der Waals surface area contributed by atoms with Crippen LogP contribution in [0.4, 0.5) is 18.9 Å². The summed E-state index contributed by atoms with van der Waals surface area (Å²) in [6.07, 6.45) is -3.82. The zero-order valence-corrected chi connectivity index (χ0v) is 14.0. The average molecular weight is 360 g/mol. The topological polar surface area (TPSA) is 62.1 Å². The van der Waals surface area contributed by atoms with Crippen molar-refractivity contribution in [2.45, 2.75) is 20.2 Å². The molecule has 2 rings (SSSR count). The van der Waals surface area contributed by atoms with Crippen molar-refractivity contribution in [2.75, 3.05) is 5.32 Å². The predicted molar refractivity (Wildman–Crippen MR) is 91.3 cm³/mol. The summed E-state index contributed by atoms with van der Waals surface area (Å²) in [6.45, 7) is 3.68. The summed E-state index contributed by atoms with van der Waals surface area (Å²) in [5.74, 6) is -1.21. The number of hydrogen-bond acceptors (Lipinski definition) is 3. The minimum atomic E-state index is -4.88. The SMILES string of the molecule is Cc1cccc(NC(=O)/C(C#N)=C/c2ccccc2OC(F)(F)F)c1C. The largest absolute Gasteiger partial charge is 0.573 e. The van der Waals surface area contributed by atoms with Crippen LogP contribution in [0.3, 0.4) is 0 Å². The van der Waals surface area contributed by atoms with E-state index in [4.69, 9.17) is 0 Å². The molecule has 1 N–H and O–H groups in total. The van der Waals surface area contributed by atoms with Gasteiger partial charge in [-0.05, 0) is 43.2 Å². The Morgan fingerprint density at radius 2 is 1.85 bits per heavy atom. The van der Waals surface area contributed by atoms with Crippen molar-refractivity contribution >= 4 is 17.7 Å². The third kappa shape index (κ3) is 4.86. The monoisotopic (exact) mass is 360 g/mol. The van der Waals surface area contributed by atoms with Crippen molar-refractivity contribution in [3.63, 3.8) is 0 Å². The lowest BCUT2D eigenvalue weighted by Crippen LogP contribution is -2.18. The van der Waals surface area contributed by atoms with Crippen LogP contribution in [0.5, 0.6) is 5.75 Å². The zero-order valence-electron chi connectivity index (χ0n) is 14.0. The summed E-state index contributed by atoms with van der Waals surface area (Å²) in [6, 6.07) is 12.3. The number of amides is 1. The molecule has 1 amide bonds. The molecule has 0 unspecified atom stereocenters. The average Bonchev–Trinajstić information content (AvgIpc) is 2.56. The summed E-state index contributed by atoms with van der Waals surface area (Å²) >= 11 is 0. The summed E-state index contributed by atoms with van der Waals surface area (Å²) in [5, 5.41) is 11.8. The molecule has 2 aromatic rings. The van der Waals surface area contributed by atoms with Gasteiger partial charge in [-0.25, -0.2) is 0 Å². The van der Waals surface area contributed by atoms with Crippen molar-refractivity contribution in [3.05, 3.63) is 64.7 Å². The number of halogens is 3. The third-order valence-corrected chi connectivity index (χ3v) is 3.66. The standard InChI is InChI=1S/C19H15F3N2O2/c1-12-6-5-8-16(13(12)2)24-18(25)15(11-23)10-14-7-3-4-9-17(14)26-19(20,21)22/h3-10H,1-2H3,(H,24,25)/b15-10+. The van der Waals surface area contributed by atoms with E-state index < -0.39 is 18.0 Å². The number of nitrogens with zero attached hydrogens (tertiary/aromatic N) is 1. The van der Waals surface area contributed by atoms with E-state index in [0.29, 0.717) is 5.69 Å². The number of nitrogens with one attached hydrogen (secondary N) is 1. The fourth-order valence-electron chi connectivity index (χ4n) is 2.20. The number of nitriles is 1. The van der Waals surface area contributed by atoms with Crippen LogP contribution < -0.4 is 10.1 Å². The molecule has 0 fully saturated rings. The highest BCUT2D eigenvalue weighted by Crippen LogP contribution is 2.28. The van der Waals surface area contributed by atoms with Gasteiger partial charge in [-0.1, -0.05) is 30.3 Å². The molecule has 0 atom stereocenters. The summed E-state index contributed by atoms with van der Waals surface area (Å²) < 4.78 is 41.4. The Morgan fingerprint density at radius 3 is 2.50 bits per heavy atom. The van der Waals surface area contributed by atoms with E-state index in [0.717, 1.165) is 23.3 Å². The molecule has 0 saturated heterocycles. The molecule has 0 radical (unpaired) electrons. The molecule has 2 aromatic carbocycles. The molecule has 0 bridgehead atoms. The highest BCUT2D eigenvalue weighted by Gasteiger charge is 2.31. The van der Waals surface area contributed by atoms with Crippen LogP contribution in [-0.4, -0.2) is 12.3 Å². The molecule has 0 aliphatic carbocycles. The maximum absolute atomic E-state index is 12.5. The van der Waals surface area contributed by atoms with Gasteiger partial charge in [0.1, 0.15) is 17.4 Å². The van der Waals surface area contributed by atoms with Crippen molar-refractivity contribution in [1.82, 2.24) is 0 Å². The lowest BCUT2D eigenvalue weighted by atomic mass is 10.1. The van der Waals surface area contributed by atoms with Crippen LogP contribution in [0.15, 0.2) is 48.0 Å². The Balaban J connectivity index is 2.32. The van der Waals surface area contributed by atoms with Gasteiger partial charge in [0.25, 0.3) is 5.91 Å². The van der Waals surface area contributed by atoms with Gasteiger partial charge in [-0.15, -0.1) is 13.2 Å². The molecule has 26 heavy (non-hydrogen) atoms. The van der Waals surface area contributed by atoms with Crippen LogP contribution in [0, 0.1) is 25.2 Å². The van der Waals surface area contributed by atoms with Gasteiger partial charge in [-0.3, -0.25) is 4.79 Å². The van der Waals surface area contributed by atoms with Crippen LogP contribution in [0.2, 0.25) is 0 Å². The molecule has 0 aliphatic heterocycles. The predicted octanol–water partition coefficient (Wildman–Crippen LogP) is 4.75. The maximum Gasteiger partial charge on any atom is 0.573 e. The van der Waals surface area contributed by atoms with E-state index in [1.54, 1.807) is 18.2 Å². The molecule has 0 spiro atoms. The molecule has 7 heteroatoms. The van der Waals surface area contributed by atoms with Gasteiger partial charge in [0.2, 0.25) is 0 Å². The first-order chi connectivity index (χ1) is 12.2. The Kier molecular flexibility index (Phi) is 5.68. The van der Waals surface area contributed by atoms with E-state index in [1.807, 2.05) is 19.9 Å². The first-order valence-corrected chi connectivity index (χ1v) is 7.55. The number of carbonyl (C=O) groups excluding carboxylic acids is 1. The van der Waals surface area contributed by atoms with Crippen molar-refractivity contribution in [1.29, 1.82) is 5.26 Å². The molecule has 134 valence electrons. The molecule has 0 heterocycles. The number of anilines is 1. The van der Waals surface area contributed by atoms with E-state index in [1.165, 1.54) is 18.2 Å². The molecular formula is C19H15F3N2O2. The van der Waals surface area contributed by atoms with E-state index in [9.17, 15) is 23.2 Å². The normalized spacial score (nSPS) is 11.6. The molecule has 0 saturated carbocycles. The lowest BCUT2D eigenvalue weighted by Gasteiger charge is -2.12. The second-order valence-electron chi connectivity index (χ2n) is 5.46. The molecule has 4 nitrogen and oxygen atoms in total. The van der Waals surface area contributed by atoms with Crippen LogP contribution in [-0.2, 0) is 4.79 Å². The highest BCUT2D eigenvalue weighted by molar-refractivity contribution is 6.10. The fraction of sp³-hybridized carbons (Fsp3) is 0.158. The zero-order chi connectivity index (χ0) is 19.3. The summed E-state index contributed by atoms with van der Waals surface area (Å²) in [7, 11) is 0. The Morgan fingerprint density at radius 1 is 1.15 bits per heavy atom. The van der Waals surface area contributed by atoms with E-state index in [2.05, 4.69) is 10.1 Å². The van der Waals surface area contributed by atoms with Gasteiger partial charge < -0.3 is 10.1 Å². The maximum atomic E-state index is 12.5. The minimum Gasteiger partial charge on any atom is -0.405 e. The van der Waals surface area contributed by atoms with Gasteiger partial charge >= 0.3 is 6.36 Å². The summed E-state index contributed by atoms with van der Waals surface area (Å²) in [5.41, 5.74) is 1.94. The number of carbonyl (C=O) groups is 1. The first kappa shape index (κ1) is 19.1. The minimum absolute atomic E-state index is 0.0301. The Bertz CT molecular complexity index is 896. The smallest absolute Gasteiger partial charge is 0.405 e. The van der Waals surface area contributed by atoms with E-state index in [-0.39, 0.29) is 11.1 Å². The van der Waals surface area contributed by atoms with Crippen molar-refractivity contribution in [3.8, 4) is 11.8 Å². The number of aryl methyl sites for hydroxylation is 1. The molecular weight excluding hydrogens is 345 g/mol. The number of para-hydroxylation sites is 1. The Labute approximate surface area is 148 Å². The molecule has 0 aromatic heterocycles. The molecule has 0 aliphatic rings. The van der Waals surface area contributed by atoms with Gasteiger partial charge in [-0.2, -0.15) is 5.26 Å². The second kappa shape index (κ2) is 7.74. The lowest BCUT2D eigenvalue weighted by molar-refractivity contribution is -0.274. The quantitative estimate of drug-likeness (QED) is 0.632. The van der Waals surface area contributed by atoms with E-state index >= 15 is 0 Å². The number of ether oxygens (including phenoxy) is 1. The van der Waals surface area contributed by atoms with Crippen LogP contribution in [0.1, 0.15) is 16.7 Å². The highest BCUT2D eigenvalue weighted by atomic mass is 19.4. The number of benzene rings is 2.